The molecule has 0 saturated carbocycles. The van der Waals surface area contributed by atoms with Crippen LogP contribution in [0.4, 0.5) is 5.95 Å². The maximum absolute atomic E-state index is 12.2. The van der Waals surface area contributed by atoms with Crippen molar-refractivity contribution in [2.24, 2.45) is 0 Å². The third-order valence-corrected chi connectivity index (χ3v) is 4.64. The molecular weight excluding hydrogens is 392 g/mol. The first-order valence-corrected chi connectivity index (χ1v) is 9.60. The fourth-order valence-electron chi connectivity index (χ4n) is 2.81. The van der Waals surface area contributed by atoms with Gasteiger partial charge in [0, 0.05) is 24.6 Å². The zero-order chi connectivity index (χ0) is 20.4. The van der Waals surface area contributed by atoms with Gasteiger partial charge in [0.2, 0.25) is 23.6 Å². The van der Waals surface area contributed by atoms with Crippen molar-refractivity contribution in [1.82, 2.24) is 24.7 Å². The summed E-state index contributed by atoms with van der Waals surface area (Å²) in [6.45, 7) is 4.28. The van der Waals surface area contributed by atoms with Gasteiger partial charge < -0.3 is 4.52 Å². The molecular formula is C20H19ClN6O2. The van der Waals surface area contributed by atoms with Gasteiger partial charge in [0.15, 0.2) is 5.65 Å². The molecule has 0 aliphatic heterocycles. The van der Waals surface area contributed by atoms with Crippen LogP contribution in [0.1, 0.15) is 37.6 Å². The van der Waals surface area contributed by atoms with Gasteiger partial charge in [0.1, 0.15) is 0 Å². The average molecular weight is 411 g/mol. The molecule has 0 saturated heterocycles. The minimum atomic E-state index is -0.243. The summed E-state index contributed by atoms with van der Waals surface area (Å²) in [5.41, 5.74) is 2.72. The molecule has 9 heteroatoms. The number of halogens is 1. The Labute approximate surface area is 171 Å². The van der Waals surface area contributed by atoms with E-state index in [0.717, 1.165) is 5.56 Å². The minimum absolute atomic E-state index is 0.171. The van der Waals surface area contributed by atoms with Crippen LogP contribution in [0.2, 0.25) is 5.02 Å². The van der Waals surface area contributed by atoms with Crippen LogP contribution in [0.25, 0.3) is 17.0 Å². The molecule has 0 radical (unpaired) electrons. The lowest BCUT2D eigenvalue weighted by Crippen LogP contribution is -2.13. The van der Waals surface area contributed by atoms with Gasteiger partial charge in [-0.15, -0.1) is 5.10 Å². The first-order chi connectivity index (χ1) is 14.0. The van der Waals surface area contributed by atoms with Crippen molar-refractivity contribution in [2.75, 3.05) is 5.32 Å². The number of hydrogen-bond donors (Lipinski definition) is 1. The summed E-state index contributed by atoms with van der Waals surface area (Å²) in [6.07, 6.45) is 2.11. The normalized spacial score (nSPS) is 11.3. The van der Waals surface area contributed by atoms with Crippen LogP contribution in [-0.4, -0.2) is 30.6 Å². The van der Waals surface area contributed by atoms with Crippen molar-refractivity contribution in [1.29, 1.82) is 0 Å². The number of pyridine rings is 1. The molecule has 0 bridgehead atoms. The van der Waals surface area contributed by atoms with E-state index in [9.17, 15) is 4.79 Å². The number of rotatable bonds is 6. The molecule has 1 amide bonds. The molecule has 3 heterocycles. The standard InChI is InChI=1S/C20H19ClN6O2/c1-12(2)13-3-5-14(6-4-13)19-24-18(29-26-19)10-9-17(28)23-20-22-16-8-7-15(21)11-27(16)25-20/h3-8,11-12H,9-10H2,1-2H3,(H,23,25,28). The molecule has 0 spiro atoms. The molecule has 1 N–H and O–H groups in total. The molecule has 4 rings (SSSR count). The maximum Gasteiger partial charge on any atom is 0.249 e. The van der Waals surface area contributed by atoms with E-state index in [2.05, 4.69) is 51.5 Å². The summed E-state index contributed by atoms with van der Waals surface area (Å²) in [5, 5.41) is 11.4. The van der Waals surface area contributed by atoms with Gasteiger partial charge in [0.05, 0.1) is 5.02 Å². The van der Waals surface area contributed by atoms with Crippen LogP contribution >= 0.6 is 11.6 Å². The van der Waals surface area contributed by atoms with Gasteiger partial charge in [-0.3, -0.25) is 10.1 Å². The highest BCUT2D eigenvalue weighted by Crippen LogP contribution is 2.21. The van der Waals surface area contributed by atoms with Gasteiger partial charge in [0.25, 0.3) is 0 Å². The van der Waals surface area contributed by atoms with Crippen LogP contribution in [0.5, 0.6) is 0 Å². The monoisotopic (exact) mass is 410 g/mol. The highest BCUT2D eigenvalue weighted by molar-refractivity contribution is 6.30. The molecule has 0 atom stereocenters. The van der Waals surface area contributed by atoms with Crippen molar-refractivity contribution in [3.05, 3.63) is 59.1 Å². The lowest BCUT2D eigenvalue weighted by molar-refractivity contribution is -0.116. The number of aryl methyl sites for hydroxylation is 1. The van der Waals surface area contributed by atoms with Crippen LogP contribution in [0.3, 0.4) is 0 Å². The molecule has 8 nitrogen and oxygen atoms in total. The van der Waals surface area contributed by atoms with Crippen molar-refractivity contribution in [2.45, 2.75) is 32.6 Å². The molecule has 29 heavy (non-hydrogen) atoms. The number of nitrogens with zero attached hydrogens (tertiary/aromatic N) is 5. The molecule has 4 aromatic rings. The second kappa shape index (κ2) is 8.00. The Balaban J connectivity index is 1.35. The van der Waals surface area contributed by atoms with E-state index in [-0.39, 0.29) is 18.3 Å². The number of anilines is 1. The summed E-state index contributed by atoms with van der Waals surface area (Å²) in [5.74, 6) is 1.34. The highest BCUT2D eigenvalue weighted by atomic mass is 35.5. The van der Waals surface area contributed by atoms with E-state index in [1.54, 1.807) is 18.3 Å². The number of carbonyl (C=O) groups excluding carboxylic acids is 1. The van der Waals surface area contributed by atoms with Crippen molar-refractivity contribution < 1.29 is 9.32 Å². The number of benzene rings is 1. The predicted molar refractivity (Wildman–Crippen MR) is 109 cm³/mol. The summed E-state index contributed by atoms with van der Waals surface area (Å²) < 4.78 is 6.77. The quantitative estimate of drug-likeness (QED) is 0.513. The van der Waals surface area contributed by atoms with Gasteiger partial charge in [-0.05, 0) is 23.6 Å². The van der Waals surface area contributed by atoms with E-state index in [1.807, 2.05) is 12.1 Å². The number of amides is 1. The van der Waals surface area contributed by atoms with Gasteiger partial charge in [-0.1, -0.05) is 54.9 Å². The van der Waals surface area contributed by atoms with Crippen molar-refractivity contribution in [3.63, 3.8) is 0 Å². The molecule has 0 aliphatic rings. The number of aromatic nitrogens is 5. The van der Waals surface area contributed by atoms with Crippen molar-refractivity contribution in [3.8, 4) is 11.4 Å². The molecule has 3 aromatic heterocycles. The van der Waals surface area contributed by atoms with Gasteiger partial charge in [-0.25, -0.2) is 4.52 Å². The van der Waals surface area contributed by atoms with Crippen LogP contribution in [-0.2, 0) is 11.2 Å². The highest BCUT2D eigenvalue weighted by Gasteiger charge is 2.13. The summed E-state index contributed by atoms with van der Waals surface area (Å²) in [6, 6.07) is 11.5. The number of fused-ring (bicyclic) bond motifs is 1. The first-order valence-electron chi connectivity index (χ1n) is 9.22. The lowest BCUT2D eigenvalue weighted by Gasteiger charge is -2.04. The molecule has 0 aliphatic carbocycles. The zero-order valence-corrected chi connectivity index (χ0v) is 16.7. The maximum atomic E-state index is 12.2. The Bertz CT molecular complexity index is 1150. The van der Waals surface area contributed by atoms with Gasteiger partial charge >= 0.3 is 0 Å². The SMILES string of the molecule is CC(C)c1ccc(-c2noc(CCC(=O)Nc3nc4ccc(Cl)cn4n3)n2)cc1. The molecule has 148 valence electrons. The van der Waals surface area contributed by atoms with E-state index in [0.29, 0.717) is 34.7 Å². The first kappa shape index (κ1) is 19.1. The van der Waals surface area contributed by atoms with E-state index in [4.69, 9.17) is 16.1 Å². The minimum Gasteiger partial charge on any atom is -0.339 e. The van der Waals surface area contributed by atoms with Crippen LogP contribution in [0, 0.1) is 0 Å². The Morgan fingerprint density at radius 2 is 1.97 bits per heavy atom. The average Bonchev–Trinajstić information content (AvgIpc) is 3.32. The Morgan fingerprint density at radius 3 is 2.72 bits per heavy atom. The van der Waals surface area contributed by atoms with E-state index in [1.165, 1.54) is 10.1 Å². The fourth-order valence-corrected chi connectivity index (χ4v) is 2.96. The molecule has 1 aromatic carbocycles. The Kier molecular flexibility index (Phi) is 5.26. The number of hydrogen-bond acceptors (Lipinski definition) is 6. The Morgan fingerprint density at radius 1 is 1.17 bits per heavy atom. The lowest BCUT2D eigenvalue weighted by atomic mass is 10.0. The third kappa shape index (κ3) is 4.43. The third-order valence-electron chi connectivity index (χ3n) is 4.42. The fraction of sp³-hybridized carbons (Fsp3) is 0.250. The summed E-state index contributed by atoms with van der Waals surface area (Å²) >= 11 is 5.92. The van der Waals surface area contributed by atoms with Crippen LogP contribution in [0.15, 0.2) is 47.1 Å². The number of nitrogens with one attached hydrogen (secondary N) is 1. The van der Waals surface area contributed by atoms with E-state index >= 15 is 0 Å². The van der Waals surface area contributed by atoms with Crippen LogP contribution < -0.4 is 5.32 Å². The second-order valence-corrected chi connectivity index (χ2v) is 7.36. The number of carbonyl (C=O) groups is 1. The summed E-state index contributed by atoms with van der Waals surface area (Å²) in [4.78, 5) is 20.8. The molecule has 0 fully saturated rings. The van der Waals surface area contributed by atoms with Crippen molar-refractivity contribution >= 4 is 29.1 Å². The second-order valence-electron chi connectivity index (χ2n) is 6.92. The topological polar surface area (TPSA) is 98.2 Å². The van der Waals surface area contributed by atoms with E-state index < -0.39 is 0 Å². The van der Waals surface area contributed by atoms with Gasteiger partial charge in [-0.2, -0.15) is 9.97 Å². The summed E-state index contributed by atoms with van der Waals surface area (Å²) in [7, 11) is 0. The molecule has 0 unspecified atom stereocenters. The Hall–Kier alpha value is -3.26. The smallest absolute Gasteiger partial charge is 0.249 e. The largest absolute Gasteiger partial charge is 0.339 e. The zero-order valence-electron chi connectivity index (χ0n) is 16.0. The predicted octanol–water partition coefficient (Wildman–Crippen LogP) is 4.13.